The van der Waals surface area contributed by atoms with Gasteiger partial charge in [-0.05, 0) is 25.5 Å². The lowest BCUT2D eigenvalue weighted by molar-refractivity contribution is 0.418. The van der Waals surface area contributed by atoms with Crippen LogP contribution in [0.3, 0.4) is 0 Å². The van der Waals surface area contributed by atoms with Crippen LogP contribution in [0, 0.1) is 5.82 Å². The van der Waals surface area contributed by atoms with E-state index in [0.29, 0.717) is 18.5 Å². The number of hydrogen-bond donors (Lipinski definition) is 3. The van der Waals surface area contributed by atoms with Crippen LogP contribution in [0.5, 0.6) is 5.75 Å². The fourth-order valence-corrected chi connectivity index (χ4v) is 1.32. The predicted octanol–water partition coefficient (Wildman–Crippen LogP) is 1.27. The van der Waals surface area contributed by atoms with Gasteiger partial charge in [0.2, 0.25) is 0 Å². The van der Waals surface area contributed by atoms with Crippen LogP contribution in [-0.2, 0) is 0 Å². The third-order valence-corrected chi connectivity index (χ3v) is 2.14. The highest BCUT2D eigenvalue weighted by Crippen LogP contribution is 2.27. The van der Waals surface area contributed by atoms with Crippen LogP contribution in [0.1, 0.15) is 24.4 Å². The van der Waals surface area contributed by atoms with Crippen molar-refractivity contribution in [2.75, 3.05) is 6.54 Å². The minimum absolute atomic E-state index is 0.350. The summed E-state index contributed by atoms with van der Waals surface area (Å²) in [4.78, 5) is 0. The highest BCUT2D eigenvalue weighted by Gasteiger charge is 2.12. The van der Waals surface area contributed by atoms with E-state index < -0.39 is 5.82 Å². The highest BCUT2D eigenvalue weighted by atomic mass is 19.1. The number of halogens is 1. The summed E-state index contributed by atoms with van der Waals surface area (Å²) in [6.45, 7) is 0.545. The Kier molecular flexibility index (Phi) is 3.85. The summed E-state index contributed by atoms with van der Waals surface area (Å²) in [5, 5.41) is 9.38. The first-order valence-electron chi connectivity index (χ1n) is 4.60. The zero-order valence-corrected chi connectivity index (χ0v) is 7.91. The molecule has 1 rings (SSSR count). The molecule has 0 spiro atoms. The Morgan fingerprint density at radius 1 is 1.43 bits per heavy atom. The van der Waals surface area contributed by atoms with Gasteiger partial charge in [-0.3, -0.25) is 0 Å². The predicted molar refractivity (Wildman–Crippen MR) is 53.3 cm³/mol. The van der Waals surface area contributed by atoms with Crippen molar-refractivity contribution < 1.29 is 9.50 Å². The lowest BCUT2D eigenvalue weighted by Crippen LogP contribution is -2.13. The Morgan fingerprint density at radius 2 is 2.14 bits per heavy atom. The smallest absolute Gasteiger partial charge is 0.165 e. The van der Waals surface area contributed by atoms with Crippen LogP contribution in [-0.4, -0.2) is 11.7 Å². The molecule has 0 aliphatic carbocycles. The quantitative estimate of drug-likeness (QED) is 0.682. The van der Waals surface area contributed by atoms with Crippen molar-refractivity contribution in [1.82, 2.24) is 0 Å². The standard InChI is InChI=1S/C10H15FN2O/c11-8-4-1-3-7(10(8)14)9(13)5-2-6-12/h1,3-4,9,14H,2,5-6,12-13H2/t9-/m0/s1. The molecule has 14 heavy (non-hydrogen) atoms. The Hall–Kier alpha value is -1.13. The Morgan fingerprint density at radius 3 is 2.79 bits per heavy atom. The molecule has 1 aromatic rings. The van der Waals surface area contributed by atoms with Crippen LogP contribution in [0.4, 0.5) is 4.39 Å². The molecule has 0 fully saturated rings. The van der Waals surface area contributed by atoms with Gasteiger partial charge in [0.05, 0.1) is 0 Å². The molecule has 0 aliphatic rings. The van der Waals surface area contributed by atoms with E-state index >= 15 is 0 Å². The summed E-state index contributed by atoms with van der Waals surface area (Å²) in [6.07, 6.45) is 1.41. The number of para-hydroxylation sites is 1. The summed E-state index contributed by atoms with van der Waals surface area (Å²) >= 11 is 0. The van der Waals surface area contributed by atoms with Crippen molar-refractivity contribution in [2.24, 2.45) is 11.5 Å². The number of hydrogen-bond acceptors (Lipinski definition) is 3. The van der Waals surface area contributed by atoms with Gasteiger partial charge in [-0.1, -0.05) is 12.1 Å². The van der Waals surface area contributed by atoms with Crippen molar-refractivity contribution in [1.29, 1.82) is 0 Å². The molecule has 1 atom stereocenters. The van der Waals surface area contributed by atoms with Crippen molar-refractivity contribution >= 4 is 0 Å². The molecule has 0 aromatic heterocycles. The van der Waals surface area contributed by atoms with Crippen LogP contribution >= 0.6 is 0 Å². The lowest BCUT2D eigenvalue weighted by Gasteiger charge is -2.13. The summed E-state index contributed by atoms with van der Waals surface area (Å²) in [5.74, 6) is -0.984. The monoisotopic (exact) mass is 198 g/mol. The van der Waals surface area contributed by atoms with Crippen molar-refractivity contribution in [3.8, 4) is 5.75 Å². The second-order valence-electron chi connectivity index (χ2n) is 3.22. The number of nitrogens with two attached hydrogens (primary N) is 2. The maximum atomic E-state index is 12.9. The van der Waals surface area contributed by atoms with Gasteiger partial charge in [0.1, 0.15) is 0 Å². The topological polar surface area (TPSA) is 72.3 Å². The highest BCUT2D eigenvalue weighted by molar-refractivity contribution is 5.35. The number of phenols is 1. The van der Waals surface area contributed by atoms with Crippen LogP contribution in [0.15, 0.2) is 18.2 Å². The van der Waals surface area contributed by atoms with Gasteiger partial charge in [-0.15, -0.1) is 0 Å². The van der Waals surface area contributed by atoms with Crippen LogP contribution in [0.25, 0.3) is 0 Å². The first-order chi connectivity index (χ1) is 6.66. The SMILES string of the molecule is NCCC[C@H](N)c1cccc(F)c1O. The Labute approximate surface area is 82.5 Å². The van der Waals surface area contributed by atoms with E-state index in [0.717, 1.165) is 6.42 Å². The Balaban J connectivity index is 2.79. The van der Waals surface area contributed by atoms with Gasteiger partial charge < -0.3 is 16.6 Å². The number of rotatable bonds is 4. The molecular weight excluding hydrogens is 183 g/mol. The maximum absolute atomic E-state index is 12.9. The summed E-state index contributed by atoms with van der Waals surface area (Å²) in [6, 6.07) is 4.01. The van der Waals surface area contributed by atoms with E-state index in [1.165, 1.54) is 12.1 Å². The maximum Gasteiger partial charge on any atom is 0.165 e. The lowest BCUT2D eigenvalue weighted by atomic mass is 10.0. The zero-order valence-electron chi connectivity index (χ0n) is 7.91. The van der Waals surface area contributed by atoms with E-state index in [9.17, 15) is 9.50 Å². The molecule has 0 amide bonds. The average Bonchev–Trinajstić information content (AvgIpc) is 2.18. The first-order valence-corrected chi connectivity index (χ1v) is 4.60. The van der Waals surface area contributed by atoms with Gasteiger partial charge in [-0.2, -0.15) is 0 Å². The zero-order chi connectivity index (χ0) is 10.6. The van der Waals surface area contributed by atoms with Gasteiger partial charge in [0.15, 0.2) is 11.6 Å². The first kappa shape index (κ1) is 10.9. The van der Waals surface area contributed by atoms with Crippen molar-refractivity contribution in [3.05, 3.63) is 29.6 Å². The molecule has 4 heteroatoms. The Bertz CT molecular complexity index is 304. The van der Waals surface area contributed by atoms with E-state index in [2.05, 4.69) is 0 Å². The van der Waals surface area contributed by atoms with Gasteiger partial charge >= 0.3 is 0 Å². The molecule has 0 saturated carbocycles. The molecule has 0 heterocycles. The van der Waals surface area contributed by atoms with Crippen molar-refractivity contribution in [2.45, 2.75) is 18.9 Å². The summed E-state index contributed by atoms with van der Waals surface area (Å²) in [7, 11) is 0. The molecule has 0 aliphatic heterocycles. The second kappa shape index (κ2) is 4.93. The van der Waals surface area contributed by atoms with E-state index in [1.807, 2.05) is 0 Å². The largest absolute Gasteiger partial charge is 0.505 e. The molecule has 5 N–H and O–H groups in total. The van der Waals surface area contributed by atoms with Gasteiger partial charge in [0.25, 0.3) is 0 Å². The fourth-order valence-electron chi connectivity index (χ4n) is 1.32. The number of phenolic OH excluding ortho intramolecular Hbond substituents is 1. The van der Waals surface area contributed by atoms with Gasteiger partial charge in [-0.25, -0.2) is 4.39 Å². The molecule has 78 valence electrons. The molecule has 0 radical (unpaired) electrons. The van der Waals surface area contributed by atoms with Gasteiger partial charge in [0, 0.05) is 11.6 Å². The molecule has 0 bridgehead atoms. The molecule has 0 saturated heterocycles. The van der Waals surface area contributed by atoms with E-state index in [1.54, 1.807) is 6.07 Å². The molecular formula is C10H15FN2O. The van der Waals surface area contributed by atoms with E-state index in [-0.39, 0.29) is 11.8 Å². The second-order valence-corrected chi connectivity index (χ2v) is 3.22. The number of aromatic hydroxyl groups is 1. The minimum atomic E-state index is -0.634. The fraction of sp³-hybridized carbons (Fsp3) is 0.400. The number of benzene rings is 1. The van der Waals surface area contributed by atoms with E-state index in [4.69, 9.17) is 11.5 Å². The molecule has 0 unspecified atom stereocenters. The third kappa shape index (κ3) is 2.43. The summed E-state index contributed by atoms with van der Waals surface area (Å²) in [5.41, 5.74) is 11.5. The molecule has 3 nitrogen and oxygen atoms in total. The average molecular weight is 198 g/mol. The van der Waals surface area contributed by atoms with Crippen molar-refractivity contribution in [3.63, 3.8) is 0 Å². The van der Waals surface area contributed by atoms with Crippen LogP contribution < -0.4 is 11.5 Å². The summed E-state index contributed by atoms with van der Waals surface area (Å²) < 4.78 is 12.9. The van der Waals surface area contributed by atoms with Crippen LogP contribution in [0.2, 0.25) is 0 Å². The third-order valence-electron chi connectivity index (χ3n) is 2.14. The minimum Gasteiger partial charge on any atom is -0.505 e. The molecule has 1 aromatic carbocycles. The normalized spacial score (nSPS) is 12.8.